The van der Waals surface area contributed by atoms with Crippen LogP contribution in [-0.4, -0.2) is 56.1 Å². The molecule has 0 aromatic heterocycles. The van der Waals surface area contributed by atoms with Crippen LogP contribution in [0.4, 0.5) is 17.1 Å². The van der Waals surface area contributed by atoms with Gasteiger partial charge in [-0.25, -0.2) is 9.79 Å². The van der Waals surface area contributed by atoms with E-state index in [-0.39, 0.29) is 42.5 Å². The number of nitrogens with two attached hydrogens (primary N) is 1. The number of ether oxygens (including phenoxy) is 2. The van der Waals surface area contributed by atoms with Crippen molar-refractivity contribution in [1.82, 2.24) is 0 Å². The maximum absolute atomic E-state index is 13.7. The Kier molecular flexibility index (Phi) is 8.20. The lowest BCUT2D eigenvalue weighted by Gasteiger charge is -2.31. The number of esters is 1. The molecule has 198 valence electrons. The van der Waals surface area contributed by atoms with Crippen molar-refractivity contribution in [3.8, 4) is 5.75 Å². The zero-order valence-corrected chi connectivity index (χ0v) is 21.4. The summed E-state index contributed by atoms with van der Waals surface area (Å²) in [5.74, 6) is -1.86. The molecule has 10 nitrogen and oxygen atoms in total. The van der Waals surface area contributed by atoms with Crippen LogP contribution in [0.15, 0.2) is 64.8 Å². The lowest BCUT2D eigenvalue weighted by atomic mass is 9.96. The minimum Gasteiger partial charge on any atom is -0.497 e. The summed E-state index contributed by atoms with van der Waals surface area (Å²) in [6, 6.07) is 13.9. The number of piperidine rings is 2. The van der Waals surface area contributed by atoms with E-state index in [1.54, 1.807) is 55.3 Å². The number of methoxy groups -OCH3 is 1. The molecule has 2 aromatic carbocycles. The summed E-state index contributed by atoms with van der Waals surface area (Å²) in [4.78, 5) is 58.5. The predicted molar refractivity (Wildman–Crippen MR) is 143 cm³/mol. The maximum Gasteiger partial charge on any atom is 0.381 e. The summed E-state index contributed by atoms with van der Waals surface area (Å²) in [5, 5.41) is 0. The molecule has 2 saturated heterocycles. The topological polar surface area (TPSA) is 132 Å². The molecule has 10 heteroatoms. The number of hydrogen-bond donors (Lipinski definition) is 1. The zero-order valence-electron chi connectivity index (χ0n) is 21.4. The van der Waals surface area contributed by atoms with Crippen LogP contribution >= 0.6 is 0 Å². The summed E-state index contributed by atoms with van der Waals surface area (Å²) >= 11 is 0. The van der Waals surface area contributed by atoms with Crippen molar-refractivity contribution in [3.63, 3.8) is 0 Å². The van der Waals surface area contributed by atoms with Crippen molar-refractivity contribution >= 4 is 46.3 Å². The quantitative estimate of drug-likeness (QED) is 0.338. The van der Waals surface area contributed by atoms with E-state index in [1.807, 2.05) is 12.1 Å². The second-order valence-corrected chi connectivity index (χ2v) is 8.83. The van der Waals surface area contributed by atoms with Gasteiger partial charge in [0.05, 0.1) is 25.1 Å². The summed E-state index contributed by atoms with van der Waals surface area (Å²) in [7, 11) is 1.54. The standard InChI is InChI=1S/C28H30N4O6/c1-3-38-28(36)26(34)24(29)22-15-17-32(27(35)25(22)30-18-7-13-21(37-2)14-8-18)20-11-9-19(10-12-20)31-16-5-4-6-23(31)33/h7-14H,3-6,15-17,29H2,1-2H3. The van der Waals surface area contributed by atoms with Gasteiger partial charge in [-0.3, -0.25) is 14.4 Å². The highest BCUT2D eigenvalue weighted by molar-refractivity contribution is 6.52. The molecule has 0 saturated carbocycles. The van der Waals surface area contributed by atoms with Gasteiger partial charge in [0.1, 0.15) is 11.5 Å². The SMILES string of the molecule is CCOC(=O)C(=O)C(N)=C1CCN(c2ccc(N3CCCCC3=O)cc2)C(=O)C1=Nc1ccc(OC)cc1. The van der Waals surface area contributed by atoms with E-state index in [1.165, 1.54) is 4.90 Å². The van der Waals surface area contributed by atoms with E-state index in [4.69, 9.17) is 15.2 Å². The lowest BCUT2D eigenvalue weighted by molar-refractivity contribution is -0.151. The second-order valence-electron chi connectivity index (χ2n) is 8.83. The first-order valence-electron chi connectivity index (χ1n) is 12.5. The molecule has 0 bridgehead atoms. The fourth-order valence-corrected chi connectivity index (χ4v) is 4.45. The lowest BCUT2D eigenvalue weighted by Crippen LogP contribution is -2.44. The molecule has 2 N–H and O–H groups in total. The van der Waals surface area contributed by atoms with Crippen molar-refractivity contribution in [2.24, 2.45) is 10.7 Å². The Balaban J connectivity index is 1.68. The summed E-state index contributed by atoms with van der Waals surface area (Å²) in [5.41, 5.74) is 7.73. The molecule has 0 spiro atoms. The first-order valence-corrected chi connectivity index (χ1v) is 12.5. The van der Waals surface area contributed by atoms with Gasteiger partial charge in [0.15, 0.2) is 0 Å². The average Bonchev–Trinajstić information content (AvgIpc) is 2.94. The number of benzene rings is 2. The molecule has 0 radical (unpaired) electrons. The fourth-order valence-electron chi connectivity index (χ4n) is 4.45. The molecule has 0 aliphatic carbocycles. The number of aliphatic imine (C=N–C) groups is 1. The molecule has 2 heterocycles. The van der Waals surface area contributed by atoms with E-state index in [2.05, 4.69) is 4.99 Å². The number of nitrogens with zero attached hydrogens (tertiary/aromatic N) is 3. The molecule has 2 amide bonds. The van der Waals surface area contributed by atoms with E-state index < -0.39 is 17.7 Å². The fraction of sp³-hybridized carbons (Fsp3) is 0.321. The van der Waals surface area contributed by atoms with E-state index >= 15 is 0 Å². The third-order valence-corrected chi connectivity index (χ3v) is 6.46. The monoisotopic (exact) mass is 518 g/mol. The number of anilines is 2. The Hall–Kier alpha value is -4.47. The molecule has 2 aromatic rings. The van der Waals surface area contributed by atoms with Gasteiger partial charge in [-0.2, -0.15) is 0 Å². The third kappa shape index (κ3) is 5.59. The minimum atomic E-state index is -1.08. The van der Waals surface area contributed by atoms with E-state index in [9.17, 15) is 19.2 Å². The van der Waals surface area contributed by atoms with Crippen LogP contribution in [0, 0.1) is 0 Å². The number of carbonyl (C=O) groups is 4. The van der Waals surface area contributed by atoms with Gasteiger partial charge in [-0.1, -0.05) is 0 Å². The van der Waals surface area contributed by atoms with Crippen molar-refractivity contribution in [2.75, 3.05) is 36.6 Å². The average molecular weight is 519 g/mol. The molecule has 2 fully saturated rings. The van der Waals surface area contributed by atoms with Crippen LogP contribution < -0.4 is 20.3 Å². The smallest absolute Gasteiger partial charge is 0.381 e. The Morgan fingerprint density at radius 1 is 0.921 bits per heavy atom. The van der Waals surface area contributed by atoms with Crippen molar-refractivity contribution in [1.29, 1.82) is 0 Å². The van der Waals surface area contributed by atoms with E-state index in [0.717, 1.165) is 18.5 Å². The Labute approximate surface area is 220 Å². The normalized spacial score (nSPS) is 18.4. The molecular formula is C28H30N4O6. The molecule has 4 rings (SSSR count). The highest BCUT2D eigenvalue weighted by Crippen LogP contribution is 2.29. The molecular weight excluding hydrogens is 488 g/mol. The molecule has 2 aliphatic rings. The summed E-state index contributed by atoms with van der Waals surface area (Å²) in [6.45, 7) is 2.49. The maximum atomic E-state index is 13.7. The van der Waals surface area contributed by atoms with Gasteiger partial charge < -0.3 is 25.0 Å². The zero-order chi connectivity index (χ0) is 27.2. The number of carbonyl (C=O) groups excluding carboxylic acids is 4. The highest BCUT2D eigenvalue weighted by atomic mass is 16.5. The number of ketones is 1. The second kappa shape index (κ2) is 11.7. The summed E-state index contributed by atoms with van der Waals surface area (Å²) < 4.78 is 9.98. The van der Waals surface area contributed by atoms with Crippen molar-refractivity contribution in [3.05, 3.63) is 59.8 Å². The minimum absolute atomic E-state index is 0.0196. The number of hydrogen-bond acceptors (Lipinski definition) is 8. The highest BCUT2D eigenvalue weighted by Gasteiger charge is 2.34. The number of Topliss-reactive ketones (excluding diaryl/α,β-unsaturated/α-hetero) is 1. The van der Waals surface area contributed by atoms with Crippen LogP contribution in [0.2, 0.25) is 0 Å². The first kappa shape index (κ1) is 26.6. The Bertz CT molecular complexity index is 1300. The molecule has 38 heavy (non-hydrogen) atoms. The Morgan fingerprint density at radius 3 is 2.18 bits per heavy atom. The molecule has 0 atom stereocenters. The van der Waals surface area contributed by atoms with Gasteiger partial charge in [0, 0.05) is 36.5 Å². The largest absolute Gasteiger partial charge is 0.497 e. The van der Waals surface area contributed by atoms with Gasteiger partial charge in [-0.15, -0.1) is 0 Å². The number of rotatable bonds is 7. The third-order valence-electron chi connectivity index (χ3n) is 6.46. The first-order chi connectivity index (χ1) is 18.3. The van der Waals surface area contributed by atoms with Crippen molar-refractivity contribution in [2.45, 2.75) is 32.6 Å². The summed E-state index contributed by atoms with van der Waals surface area (Å²) in [6.07, 6.45) is 2.57. The molecule has 2 aliphatic heterocycles. The van der Waals surface area contributed by atoms with Crippen molar-refractivity contribution < 1.29 is 28.7 Å². The number of amides is 2. The predicted octanol–water partition coefficient (Wildman–Crippen LogP) is 3.07. The van der Waals surface area contributed by atoms with Crippen LogP contribution in [-0.2, 0) is 23.9 Å². The van der Waals surface area contributed by atoms with Crippen LogP contribution in [0.3, 0.4) is 0 Å². The molecule has 0 unspecified atom stereocenters. The Morgan fingerprint density at radius 2 is 1.58 bits per heavy atom. The van der Waals surface area contributed by atoms with Gasteiger partial charge in [0.25, 0.3) is 11.7 Å². The van der Waals surface area contributed by atoms with Gasteiger partial charge in [0.2, 0.25) is 5.91 Å². The van der Waals surface area contributed by atoms with E-state index in [0.29, 0.717) is 30.1 Å². The van der Waals surface area contributed by atoms with Gasteiger partial charge in [-0.05, 0) is 74.7 Å². The van der Waals surface area contributed by atoms with Crippen LogP contribution in [0.5, 0.6) is 5.75 Å². The van der Waals surface area contributed by atoms with Gasteiger partial charge >= 0.3 is 5.97 Å². The van der Waals surface area contributed by atoms with Crippen LogP contribution in [0.1, 0.15) is 32.6 Å². The van der Waals surface area contributed by atoms with Crippen LogP contribution in [0.25, 0.3) is 0 Å².